The van der Waals surface area contributed by atoms with Gasteiger partial charge < -0.3 is 5.32 Å². The lowest BCUT2D eigenvalue weighted by Gasteiger charge is -2.11. The average molecular weight is 509 g/mol. The Morgan fingerprint density at radius 1 is 1.20 bits per heavy atom. The highest BCUT2D eigenvalue weighted by Gasteiger charge is 2.29. The Bertz CT molecular complexity index is 672. The number of hydrogen-bond acceptors (Lipinski definition) is 3. The Kier molecular flexibility index (Phi) is 4.33. The first-order chi connectivity index (χ1) is 9.60. The van der Waals surface area contributed by atoms with Gasteiger partial charge in [0, 0.05) is 27.5 Å². The molecule has 1 saturated carbocycles. The fourth-order valence-electron chi connectivity index (χ4n) is 2.02. The lowest BCUT2D eigenvalue weighted by molar-refractivity contribution is 0.978. The summed E-state index contributed by atoms with van der Waals surface area (Å²) in [6, 6.07) is 6.09. The highest BCUT2D eigenvalue weighted by Crippen LogP contribution is 2.43. The van der Waals surface area contributed by atoms with Gasteiger partial charge in [-0.15, -0.1) is 0 Å². The van der Waals surface area contributed by atoms with Crippen molar-refractivity contribution in [3.63, 3.8) is 0 Å². The summed E-state index contributed by atoms with van der Waals surface area (Å²) in [5, 5.41) is 3.17. The molecule has 0 saturated heterocycles. The molecule has 0 amide bonds. The summed E-state index contributed by atoms with van der Waals surface area (Å²) in [5.74, 6) is 2.30. The van der Waals surface area contributed by atoms with E-state index in [2.05, 4.69) is 64.8 Å². The summed E-state index contributed by atoms with van der Waals surface area (Å²) in [7, 11) is 1.91. The van der Waals surface area contributed by atoms with Gasteiger partial charge in [-0.3, -0.25) is 0 Å². The molecule has 1 aromatic heterocycles. The minimum atomic E-state index is 0.606. The predicted molar refractivity (Wildman–Crippen MR) is 97.1 cm³/mol. The van der Waals surface area contributed by atoms with Gasteiger partial charge in [-0.25, -0.2) is 9.97 Å². The number of benzene rings is 1. The van der Waals surface area contributed by atoms with E-state index in [0.29, 0.717) is 5.92 Å². The normalized spacial score (nSPS) is 14.4. The van der Waals surface area contributed by atoms with E-state index in [1.165, 1.54) is 18.5 Å². The predicted octanol–water partition coefficient (Wildman–Crippen LogP) is 5.19. The number of anilines is 1. The SMILES string of the molecule is CNc1nc(-c2ccc(Br)c(Br)c2)nc(C2CC2)c1I. The van der Waals surface area contributed by atoms with E-state index in [1.807, 2.05) is 25.2 Å². The van der Waals surface area contributed by atoms with Crippen molar-refractivity contribution in [1.82, 2.24) is 9.97 Å². The molecule has 1 aliphatic carbocycles. The molecule has 3 nitrogen and oxygen atoms in total. The Balaban J connectivity index is 2.12. The van der Waals surface area contributed by atoms with Gasteiger partial charge in [0.2, 0.25) is 0 Å². The lowest BCUT2D eigenvalue weighted by atomic mass is 10.2. The molecular formula is C14H12Br2IN3. The van der Waals surface area contributed by atoms with E-state index in [1.54, 1.807) is 0 Å². The van der Waals surface area contributed by atoms with Crippen LogP contribution in [0.5, 0.6) is 0 Å². The van der Waals surface area contributed by atoms with Crippen LogP contribution in [-0.4, -0.2) is 17.0 Å². The molecule has 3 rings (SSSR count). The highest BCUT2D eigenvalue weighted by molar-refractivity contribution is 14.1. The first-order valence-corrected chi connectivity index (χ1v) is 8.97. The van der Waals surface area contributed by atoms with Crippen molar-refractivity contribution in [3.05, 3.63) is 36.4 Å². The molecule has 0 aliphatic heterocycles. The van der Waals surface area contributed by atoms with Crippen LogP contribution in [0.4, 0.5) is 5.82 Å². The van der Waals surface area contributed by atoms with Gasteiger partial charge >= 0.3 is 0 Å². The van der Waals surface area contributed by atoms with Crippen LogP contribution < -0.4 is 5.32 Å². The van der Waals surface area contributed by atoms with Crippen LogP contribution >= 0.6 is 54.5 Å². The monoisotopic (exact) mass is 507 g/mol. The van der Waals surface area contributed by atoms with Crippen LogP contribution in [0.25, 0.3) is 11.4 Å². The summed E-state index contributed by atoms with van der Waals surface area (Å²) in [6.07, 6.45) is 2.47. The molecule has 6 heteroatoms. The number of nitrogens with one attached hydrogen (secondary N) is 1. The Morgan fingerprint density at radius 2 is 1.95 bits per heavy atom. The van der Waals surface area contributed by atoms with E-state index in [9.17, 15) is 0 Å². The van der Waals surface area contributed by atoms with Crippen LogP contribution in [0, 0.1) is 3.57 Å². The lowest BCUT2D eigenvalue weighted by Crippen LogP contribution is -2.04. The zero-order valence-corrected chi connectivity index (χ0v) is 16.1. The maximum absolute atomic E-state index is 4.79. The first kappa shape index (κ1) is 14.7. The number of hydrogen-bond donors (Lipinski definition) is 1. The zero-order chi connectivity index (χ0) is 14.3. The van der Waals surface area contributed by atoms with Gasteiger partial charge in [-0.1, -0.05) is 0 Å². The molecular weight excluding hydrogens is 497 g/mol. The molecule has 1 aromatic carbocycles. The van der Waals surface area contributed by atoms with Gasteiger partial charge in [-0.05, 0) is 85.5 Å². The van der Waals surface area contributed by atoms with Gasteiger partial charge in [0.1, 0.15) is 5.82 Å². The molecule has 1 fully saturated rings. The second-order valence-electron chi connectivity index (χ2n) is 4.75. The molecule has 0 bridgehead atoms. The Labute approximate surface area is 148 Å². The first-order valence-electron chi connectivity index (χ1n) is 6.30. The fourth-order valence-corrected chi connectivity index (χ4v) is 3.60. The maximum atomic E-state index is 4.79. The maximum Gasteiger partial charge on any atom is 0.161 e. The van der Waals surface area contributed by atoms with E-state index < -0.39 is 0 Å². The van der Waals surface area contributed by atoms with Crippen molar-refractivity contribution >= 4 is 60.3 Å². The number of rotatable bonds is 3. The smallest absolute Gasteiger partial charge is 0.161 e. The highest BCUT2D eigenvalue weighted by atomic mass is 127. The molecule has 1 N–H and O–H groups in total. The minimum Gasteiger partial charge on any atom is -0.372 e. The summed E-state index contributed by atoms with van der Waals surface area (Å²) < 4.78 is 3.19. The third-order valence-corrected chi connectivity index (χ3v) is 6.20. The summed E-state index contributed by atoms with van der Waals surface area (Å²) in [4.78, 5) is 9.43. The van der Waals surface area contributed by atoms with Crippen molar-refractivity contribution in [3.8, 4) is 11.4 Å². The summed E-state index contributed by atoms with van der Waals surface area (Å²) >= 11 is 9.36. The standard InChI is InChI=1S/C14H12Br2IN3/c1-18-14-11(17)12(7-2-3-7)19-13(20-14)8-4-5-9(15)10(16)6-8/h4-7H,2-3H2,1H3,(H,18,19,20). The molecule has 0 radical (unpaired) electrons. The van der Waals surface area contributed by atoms with Crippen molar-refractivity contribution in [1.29, 1.82) is 0 Å². The number of aromatic nitrogens is 2. The number of nitrogens with zero attached hydrogens (tertiary/aromatic N) is 2. The summed E-state index contributed by atoms with van der Waals surface area (Å²) in [5.41, 5.74) is 2.20. The summed E-state index contributed by atoms with van der Waals surface area (Å²) in [6.45, 7) is 0. The largest absolute Gasteiger partial charge is 0.372 e. The topological polar surface area (TPSA) is 37.8 Å². The Morgan fingerprint density at radius 3 is 2.55 bits per heavy atom. The van der Waals surface area contributed by atoms with E-state index >= 15 is 0 Å². The van der Waals surface area contributed by atoms with Crippen molar-refractivity contribution in [2.24, 2.45) is 0 Å². The van der Waals surface area contributed by atoms with Crippen LogP contribution in [0.2, 0.25) is 0 Å². The van der Waals surface area contributed by atoms with Gasteiger partial charge in [0.15, 0.2) is 5.82 Å². The van der Waals surface area contributed by atoms with Crippen LogP contribution in [-0.2, 0) is 0 Å². The molecule has 0 unspecified atom stereocenters. The minimum absolute atomic E-state index is 0.606. The third-order valence-electron chi connectivity index (χ3n) is 3.26. The van der Waals surface area contributed by atoms with E-state index in [-0.39, 0.29) is 0 Å². The molecule has 1 aliphatic rings. The third kappa shape index (κ3) is 2.87. The fraction of sp³-hybridized carbons (Fsp3) is 0.286. The van der Waals surface area contributed by atoms with E-state index in [4.69, 9.17) is 4.98 Å². The molecule has 20 heavy (non-hydrogen) atoms. The van der Waals surface area contributed by atoms with Crippen LogP contribution in [0.15, 0.2) is 27.1 Å². The molecule has 0 atom stereocenters. The molecule has 2 aromatic rings. The average Bonchev–Trinajstić information content (AvgIpc) is 3.27. The Hall–Kier alpha value is -0.210. The van der Waals surface area contributed by atoms with E-state index in [0.717, 1.165) is 29.7 Å². The molecule has 104 valence electrons. The zero-order valence-electron chi connectivity index (χ0n) is 10.8. The molecule has 1 heterocycles. The van der Waals surface area contributed by atoms with Crippen molar-refractivity contribution in [2.75, 3.05) is 12.4 Å². The van der Waals surface area contributed by atoms with Gasteiger partial charge in [-0.2, -0.15) is 0 Å². The van der Waals surface area contributed by atoms with Gasteiger partial charge in [0.25, 0.3) is 0 Å². The van der Waals surface area contributed by atoms with Crippen molar-refractivity contribution < 1.29 is 0 Å². The molecule has 0 spiro atoms. The van der Waals surface area contributed by atoms with Crippen LogP contribution in [0.3, 0.4) is 0 Å². The quantitative estimate of drug-likeness (QED) is 0.580. The second-order valence-corrected chi connectivity index (χ2v) is 7.54. The van der Waals surface area contributed by atoms with Crippen LogP contribution in [0.1, 0.15) is 24.5 Å². The second kappa shape index (κ2) is 5.88. The van der Waals surface area contributed by atoms with Crippen molar-refractivity contribution in [2.45, 2.75) is 18.8 Å². The van der Waals surface area contributed by atoms with Gasteiger partial charge in [0.05, 0.1) is 9.26 Å². The number of halogens is 3.